The summed E-state index contributed by atoms with van der Waals surface area (Å²) in [6.45, 7) is 6.55. The molecule has 2 amide bonds. The Morgan fingerprint density at radius 2 is 1.60 bits per heavy atom. The van der Waals surface area contributed by atoms with Crippen molar-refractivity contribution in [3.05, 3.63) is 130 Å². The molecule has 40 heavy (non-hydrogen) atoms. The van der Waals surface area contributed by atoms with E-state index >= 15 is 0 Å². The van der Waals surface area contributed by atoms with Gasteiger partial charge in [-0.3, -0.25) is 9.36 Å². The van der Waals surface area contributed by atoms with Gasteiger partial charge in [-0.2, -0.15) is 0 Å². The van der Waals surface area contributed by atoms with Gasteiger partial charge in [0.05, 0.1) is 29.2 Å². The van der Waals surface area contributed by atoms with Gasteiger partial charge in [0.2, 0.25) is 0 Å². The number of anilines is 1. The molecule has 5 rings (SSSR count). The third-order valence-electron chi connectivity index (χ3n) is 6.81. The Morgan fingerprint density at radius 1 is 0.925 bits per heavy atom. The van der Waals surface area contributed by atoms with Crippen LogP contribution in [0.4, 0.5) is 10.5 Å². The predicted octanol–water partition coefficient (Wildman–Crippen LogP) is 6.89. The van der Waals surface area contributed by atoms with Crippen molar-refractivity contribution in [1.82, 2.24) is 14.5 Å². The van der Waals surface area contributed by atoms with Crippen molar-refractivity contribution in [3.63, 3.8) is 0 Å². The van der Waals surface area contributed by atoms with Gasteiger partial charge in [-0.05, 0) is 62.7 Å². The fourth-order valence-electron chi connectivity index (χ4n) is 4.72. The van der Waals surface area contributed by atoms with Crippen LogP contribution in [0.5, 0.6) is 5.75 Å². The number of hydrogen-bond donors (Lipinski definition) is 1. The molecule has 0 radical (unpaired) electrons. The quantitative estimate of drug-likeness (QED) is 0.236. The monoisotopic (exact) mass is 532 g/mol. The molecule has 0 spiro atoms. The van der Waals surface area contributed by atoms with Crippen LogP contribution in [0.1, 0.15) is 36.8 Å². The van der Waals surface area contributed by atoms with Crippen LogP contribution in [-0.2, 0) is 6.54 Å². The van der Waals surface area contributed by atoms with Gasteiger partial charge in [0.15, 0.2) is 0 Å². The fraction of sp³-hybridized carbons (Fsp3) is 0.182. The summed E-state index contributed by atoms with van der Waals surface area (Å²) in [5.74, 6) is 1.00. The van der Waals surface area contributed by atoms with Crippen LogP contribution in [-0.4, -0.2) is 27.1 Å². The smallest absolute Gasteiger partial charge is 0.322 e. The fourth-order valence-corrected chi connectivity index (χ4v) is 4.72. The Bertz CT molecular complexity index is 1680. The number of hydrogen-bond acceptors (Lipinski definition) is 4. The Balaban J connectivity index is 1.66. The second kappa shape index (κ2) is 11.9. The molecule has 1 aromatic heterocycles. The van der Waals surface area contributed by atoms with E-state index in [9.17, 15) is 9.59 Å². The van der Waals surface area contributed by atoms with E-state index in [1.54, 1.807) is 15.5 Å². The molecule has 0 bridgehead atoms. The molecule has 1 heterocycles. The molecular weight excluding hydrogens is 500 g/mol. The number of fused-ring (bicyclic) bond motifs is 1. The summed E-state index contributed by atoms with van der Waals surface area (Å²) in [7, 11) is 0. The number of para-hydroxylation sites is 3. The maximum absolute atomic E-state index is 14.0. The lowest BCUT2D eigenvalue weighted by Crippen LogP contribution is -2.39. The molecule has 0 fully saturated rings. The van der Waals surface area contributed by atoms with Crippen molar-refractivity contribution in [2.24, 2.45) is 0 Å². The van der Waals surface area contributed by atoms with Gasteiger partial charge in [0, 0.05) is 12.2 Å². The SMILES string of the molecule is CCOc1ccccc1-n1c(C(C)N(Cc2ccccc2)C(=O)Nc2ccc(C)cc2)nc2ccccc2c1=O. The number of aromatic nitrogens is 2. The minimum absolute atomic E-state index is 0.224. The first-order chi connectivity index (χ1) is 19.5. The summed E-state index contributed by atoms with van der Waals surface area (Å²) in [6.07, 6.45) is 0. The van der Waals surface area contributed by atoms with Gasteiger partial charge in [-0.1, -0.05) is 72.3 Å². The lowest BCUT2D eigenvalue weighted by molar-refractivity contribution is 0.185. The molecular formula is C33H32N4O3. The molecule has 1 atom stereocenters. The molecule has 0 aliphatic rings. The van der Waals surface area contributed by atoms with Crippen molar-refractivity contribution in [1.29, 1.82) is 0 Å². The van der Waals surface area contributed by atoms with E-state index in [0.717, 1.165) is 11.1 Å². The number of aryl methyl sites for hydroxylation is 1. The van der Waals surface area contributed by atoms with Gasteiger partial charge in [0.25, 0.3) is 5.56 Å². The van der Waals surface area contributed by atoms with Crippen molar-refractivity contribution < 1.29 is 9.53 Å². The predicted molar refractivity (Wildman–Crippen MR) is 159 cm³/mol. The zero-order chi connectivity index (χ0) is 28.1. The van der Waals surface area contributed by atoms with Gasteiger partial charge in [-0.15, -0.1) is 0 Å². The highest BCUT2D eigenvalue weighted by molar-refractivity contribution is 5.89. The van der Waals surface area contributed by atoms with Gasteiger partial charge in [0.1, 0.15) is 11.6 Å². The molecule has 7 nitrogen and oxygen atoms in total. The van der Waals surface area contributed by atoms with E-state index < -0.39 is 6.04 Å². The summed E-state index contributed by atoms with van der Waals surface area (Å²) in [5.41, 5.74) is 3.67. The highest BCUT2D eigenvalue weighted by Gasteiger charge is 2.28. The van der Waals surface area contributed by atoms with Crippen LogP contribution >= 0.6 is 0 Å². The van der Waals surface area contributed by atoms with Crippen molar-refractivity contribution in [2.75, 3.05) is 11.9 Å². The largest absolute Gasteiger partial charge is 0.492 e. The van der Waals surface area contributed by atoms with Crippen molar-refractivity contribution >= 4 is 22.6 Å². The van der Waals surface area contributed by atoms with Gasteiger partial charge >= 0.3 is 6.03 Å². The van der Waals surface area contributed by atoms with Crippen LogP contribution in [0, 0.1) is 6.92 Å². The van der Waals surface area contributed by atoms with E-state index in [4.69, 9.17) is 9.72 Å². The molecule has 5 aromatic rings. The van der Waals surface area contributed by atoms with Crippen LogP contribution in [0.2, 0.25) is 0 Å². The molecule has 4 aromatic carbocycles. The van der Waals surface area contributed by atoms with Gasteiger partial charge in [-0.25, -0.2) is 9.78 Å². The third kappa shape index (κ3) is 5.59. The van der Waals surface area contributed by atoms with Crippen LogP contribution in [0.15, 0.2) is 108 Å². The van der Waals surface area contributed by atoms with E-state index in [0.29, 0.717) is 47.0 Å². The Kier molecular flexibility index (Phi) is 7.92. The molecule has 7 heteroatoms. The normalized spacial score (nSPS) is 11.7. The summed E-state index contributed by atoms with van der Waals surface area (Å²) < 4.78 is 7.48. The topological polar surface area (TPSA) is 76.5 Å². The molecule has 1 N–H and O–H groups in total. The molecule has 0 aliphatic heterocycles. The summed E-state index contributed by atoms with van der Waals surface area (Å²) in [5, 5.41) is 3.52. The van der Waals surface area contributed by atoms with Gasteiger partial charge < -0.3 is 15.0 Å². The van der Waals surface area contributed by atoms with Crippen LogP contribution in [0.25, 0.3) is 16.6 Å². The average Bonchev–Trinajstić information content (AvgIpc) is 2.98. The molecule has 0 saturated carbocycles. The number of amides is 2. The van der Waals surface area contributed by atoms with E-state index in [1.165, 1.54) is 0 Å². The zero-order valence-electron chi connectivity index (χ0n) is 22.9. The highest BCUT2D eigenvalue weighted by Crippen LogP contribution is 2.29. The highest BCUT2D eigenvalue weighted by atomic mass is 16.5. The van der Waals surface area contributed by atoms with E-state index in [-0.39, 0.29) is 11.6 Å². The van der Waals surface area contributed by atoms with E-state index in [2.05, 4.69) is 5.32 Å². The number of nitrogens with zero attached hydrogens (tertiary/aromatic N) is 3. The lowest BCUT2D eigenvalue weighted by Gasteiger charge is -2.31. The number of nitrogens with one attached hydrogen (secondary N) is 1. The first kappa shape index (κ1) is 26.7. The number of carbonyl (C=O) groups is 1. The minimum atomic E-state index is -0.586. The van der Waals surface area contributed by atoms with E-state index in [1.807, 2.05) is 118 Å². The number of urea groups is 1. The van der Waals surface area contributed by atoms with Crippen LogP contribution < -0.4 is 15.6 Å². The van der Waals surface area contributed by atoms with Crippen molar-refractivity contribution in [3.8, 4) is 11.4 Å². The standard InChI is InChI=1S/C33H32N4O3/c1-4-40-30-17-11-10-16-29(30)37-31(35-28-15-9-8-14-27(28)32(37)38)24(3)36(22-25-12-6-5-7-13-25)33(39)34-26-20-18-23(2)19-21-26/h5-21,24H,4,22H2,1-3H3,(H,34,39). The Morgan fingerprint density at radius 3 is 2.35 bits per heavy atom. The summed E-state index contributed by atoms with van der Waals surface area (Å²) in [4.78, 5) is 34.6. The molecule has 1 unspecified atom stereocenters. The average molecular weight is 533 g/mol. The zero-order valence-corrected chi connectivity index (χ0v) is 22.9. The molecule has 0 aliphatic carbocycles. The minimum Gasteiger partial charge on any atom is -0.492 e. The lowest BCUT2D eigenvalue weighted by atomic mass is 10.1. The second-order valence-corrected chi connectivity index (χ2v) is 9.61. The first-order valence-electron chi connectivity index (χ1n) is 13.4. The third-order valence-corrected chi connectivity index (χ3v) is 6.81. The first-order valence-corrected chi connectivity index (χ1v) is 13.4. The summed E-state index contributed by atoms with van der Waals surface area (Å²) in [6, 6.07) is 31.2. The number of carbonyl (C=O) groups excluding carboxylic acids is 1. The second-order valence-electron chi connectivity index (χ2n) is 9.61. The number of benzene rings is 4. The number of rotatable bonds is 8. The van der Waals surface area contributed by atoms with Crippen molar-refractivity contribution in [2.45, 2.75) is 33.4 Å². The maximum Gasteiger partial charge on any atom is 0.322 e. The summed E-state index contributed by atoms with van der Waals surface area (Å²) >= 11 is 0. The molecule has 0 saturated heterocycles. The molecule has 202 valence electrons. The number of ether oxygens (including phenoxy) is 1. The van der Waals surface area contributed by atoms with Crippen LogP contribution in [0.3, 0.4) is 0 Å². The Hall–Kier alpha value is -4.91. The maximum atomic E-state index is 14.0. The Labute approximate surface area is 233 Å².